The predicted molar refractivity (Wildman–Crippen MR) is 79.0 cm³/mol. The Morgan fingerprint density at radius 3 is 2.52 bits per heavy atom. The largest absolute Gasteiger partial charge is 0.491 e. The Hall–Kier alpha value is -2.63. The molecule has 0 bridgehead atoms. The molecule has 6 heteroatoms. The molecule has 0 unspecified atom stereocenters. The van der Waals surface area contributed by atoms with Gasteiger partial charge in [-0.15, -0.1) is 0 Å². The van der Waals surface area contributed by atoms with Gasteiger partial charge in [-0.2, -0.15) is 0 Å². The van der Waals surface area contributed by atoms with Crippen molar-refractivity contribution < 1.29 is 14.2 Å². The summed E-state index contributed by atoms with van der Waals surface area (Å²) in [5, 5.41) is 14.5. The molecule has 1 aromatic heterocycles. The van der Waals surface area contributed by atoms with Crippen LogP contribution in [-0.2, 0) is 0 Å². The first-order chi connectivity index (χ1) is 9.97. The number of aromatic nitrogens is 1. The average Bonchev–Trinajstić information content (AvgIpc) is 2.78. The fourth-order valence-electron chi connectivity index (χ4n) is 1.82. The third-order valence-electron chi connectivity index (χ3n) is 2.72. The fourth-order valence-corrected chi connectivity index (χ4v) is 1.82. The third-order valence-corrected chi connectivity index (χ3v) is 2.72. The molecule has 0 aliphatic heterocycles. The van der Waals surface area contributed by atoms with Gasteiger partial charge in [0.2, 0.25) is 5.76 Å². The Morgan fingerprint density at radius 2 is 1.95 bits per heavy atom. The van der Waals surface area contributed by atoms with Gasteiger partial charge in [0.1, 0.15) is 5.75 Å². The molecule has 0 saturated heterocycles. The van der Waals surface area contributed by atoms with Crippen LogP contribution in [0.25, 0.3) is 12.2 Å². The highest BCUT2D eigenvalue weighted by atomic mass is 16.6. The van der Waals surface area contributed by atoms with Gasteiger partial charge in [0, 0.05) is 0 Å². The fraction of sp³-hybridized carbons (Fsp3) is 0.267. The molecule has 6 nitrogen and oxygen atoms in total. The molecule has 1 aromatic carbocycles. The molecule has 0 amide bonds. The van der Waals surface area contributed by atoms with E-state index in [4.69, 9.17) is 9.26 Å². The van der Waals surface area contributed by atoms with E-state index in [1.54, 1.807) is 6.08 Å². The van der Waals surface area contributed by atoms with E-state index >= 15 is 0 Å². The number of hydrogen-bond acceptors (Lipinski definition) is 5. The molecular weight excluding hydrogens is 272 g/mol. The zero-order valence-corrected chi connectivity index (χ0v) is 12.1. The summed E-state index contributed by atoms with van der Waals surface area (Å²) in [7, 11) is 0. The van der Waals surface area contributed by atoms with E-state index in [0.717, 1.165) is 11.3 Å². The minimum atomic E-state index is -0.495. The molecule has 2 aromatic rings. The van der Waals surface area contributed by atoms with E-state index in [2.05, 4.69) is 5.16 Å². The highest BCUT2D eigenvalue weighted by Gasteiger charge is 2.21. The van der Waals surface area contributed by atoms with Crippen LogP contribution in [0.2, 0.25) is 0 Å². The summed E-state index contributed by atoms with van der Waals surface area (Å²) in [6.07, 6.45) is 3.38. The molecule has 0 radical (unpaired) electrons. The maximum atomic E-state index is 10.9. The Kier molecular flexibility index (Phi) is 4.37. The number of rotatable bonds is 5. The SMILES string of the molecule is Cc1noc(/C=C/c2ccc(OC(C)C)cc2)c1[N+](=O)[O-]. The molecule has 0 N–H and O–H groups in total. The molecule has 0 atom stereocenters. The van der Waals surface area contributed by atoms with Crippen LogP contribution >= 0.6 is 0 Å². The summed E-state index contributed by atoms with van der Waals surface area (Å²) < 4.78 is 10.5. The van der Waals surface area contributed by atoms with Crippen molar-refractivity contribution in [2.24, 2.45) is 0 Å². The smallest absolute Gasteiger partial charge is 0.338 e. The normalized spacial score (nSPS) is 11.2. The maximum Gasteiger partial charge on any atom is 0.338 e. The highest BCUT2D eigenvalue weighted by molar-refractivity contribution is 5.71. The van der Waals surface area contributed by atoms with Crippen molar-refractivity contribution >= 4 is 17.8 Å². The minimum Gasteiger partial charge on any atom is -0.491 e. The lowest BCUT2D eigenvalue weighted by molar-refractivity contribution is -0.386. The summed E-state index contributed by atoms with van der Waals surface area (Å²) in [6, 6.07) is 7.42. The summed E-state index contributed by atoms with van der Waals surface area (Å²) in [5.41, 5.74) is 1.04. The second-order valence-electron chi connectivity index (χ2n) is 4.81. The van der Waals surface area contributed by atoms with Crippen LogP contribution in [0, 0.1) is 17.0 Å². The van der Waals surface area contributed by atoms with Crippen molar-refractivity contribution in [1.82, 2.24) is 5.16 Å². The van der Waals surface area contributed by atoms with Crippen molar-refractivity contribution in [3.8, 4) is 5.75 Å². The van der Waals surface area contributed by atoms with Gasteiger partial charge in [0.15, 0.2) is 5.69 Å². The number of aryl methyl sites for hydroxylation is 1. The van der Waals surface area contributed by atoms with Gasteiger partial charge in [-0.05, 0) is 44.5 Å². The summed E-state index contributed by atoms with van der Waals surface area (Å²) in [6.45, 7) is 5.45. The molecule has 0 spiro atoms. The van der Waals surface area contributed by atoms with Crippen LogP contribution in [0.3, 0.4) is 0 Å². The molecular formula is C15H16N2O4. The third kappa shape index (κ3) is 3.68. The summed E-state index contributed by atoms with van der Waals surface area (Å²) in [5.74, 6) is 0.920. The van der Waals surface area contributed by atoms with Crippen molar-refractivity contribution in [2.75, 3.05) is 0 Å². The van der Waals surface area contributed by atoms with Crippen LogP contribution in [0.4, 0.5) is 5.69 Å². The van der Waals surface area contributed by atoms with Gasteiger partial charge < -0.3 is 9.26 Å². The highest BCUT2D eigenvalue weighted by Crippen LogP contribution is 2.24. The molecule has 2 rings (SSSR count). The second kappa shape index (κ2) is 6.21. The number of nitro groups is 1. The van der Waals surface area contributed by atoms with E-state index in [0.29, 0.717) is 0 Å². The van der Waals surface area contributed by atoms with Gasteiger partial charge in [0.05, 0.1) is 11.0 Å². The molecule has 0 aliphatic rings. The van der Waals surface area contributed by atoms with Crippen LogP contribution in [-0.4, -0.2) is 16.2 Å². The quantitative estimate of drug-likeness (QED) is 0.616. The zero-order valence-electron chi connectivity index (χ0n) is 12.1. The first kappa shape index (κ1) is 14.8. The Balaban J connectivity index is 2.16. The van der Waals surface area contributed by atoms with E-state index < -0.39 is 4.92 Å². The summed E-state index contributed by atoms with van der Waals surface area (Å²) in [4.78, 5) is 10.4. The Morgan fingerprint density at radius 1 is 1.29 bits per heavy atom. The van der Waals surface area contributed by atoms with Crippen LogP contribution in [0.1, 0.15) is 30.9 Å². The topological polar surface area (TPSA) is 78.4 Å². The Bertz CT molecular complexity index is 657. The van der Waals surface area contributed by atoms with Crippen molar-refractivity contribution in [3.63, 3.8) is 0 Å². The van der Waals surface area contributed by atoms with Gasteiger partial charge >= 0.3 is 5.69 Å². The van der Waals surface area contributed by atoms with Crippen molar-refractivity contribution in [1.29, 1.82) is 0 Å². The first-order valence-corrected chi connectivity index (χ1v) is 6.53. The van der Waals surface area contributed by atoms with Gasteiger partial charge in [0.25, 0.3) is 0 Å². The van der Waals surface area contributed by atoms with E-state index in [9.17, 15) is 10.1 Å². The molecule has 0 saturated carbocycles. The van der Waals surface area contributed by atoms with Crippen LogP contribution < -0.4 is 4.74 Å². The molecule has 1 heterocycles. The molecule has 0 aliphatic carbocycles. The number of hydrogen-bond donors (Lipinski definition) is 0. The molecule has 110 valence electrons. The monoisotopic (exact) mass is 288 g/mol. The van der Waals surface area contributed by atoms with Crippen molar-refractivity contribution in [3.05, 3.63) is 51.4 Å². The van der Waals surface area contributed by atoms with Gasteiger partial charge in [-0.25, -0.2) is 0 Å². The lowest BCUT2D eigenvalue weighted by atomic mass is 10.2. The number of benzene rings is 1. The van der Waals surface area contributed by atoms with Crippen LogP contribution in [0.15, 0.2) is 28.8 Å². The van der Waals surface area contributed by atoms with Crippen LogP contribution in [0.5, 0.6) is 5.75 Å². The number of ether oxygens (including phenoxy) is 1. The lowest BCUT2D eigenvalue weighted by Crippen LogP contribution is -2.05. The molecule has 21 heavy (non-hydrogen) atoms. The predicted octanol–water partition coefficient (Wildman–Crippen LogP) is 3.85. The molecule has 0 fully saturated rings. The first-order valence-electron chi connectivity index (χ1n) is 6.53. The Labute approximate surface area is 122 Å². The van der Waals surface area contributed by atoms with Crippen molar-refractivity contribution in [2.45, 2.75) is 26.9 Å². The lowest BCUT2D eigenvalue weighted by Gasteiger charge is -2.09. The number of nitrogens with zero attached hydrogens (tertiary/aromatic N) is 2. The standard InChI is InChI=1S/C15H16N2O4/c1-10(2)20-13-7-4-12(5-8-13)6-9-14-15(17(18)19)11(3)16-21-14/h4-10H,1-3H3/b9-6+. The minimum absolute atomic E-state index is 0.106. The zero-order chi connectivity index (χ0) is 15.4. The van der Waals surface area contributed by atoms with E-state index in [-0.39, 0.29) is 23.2 Å². The second-order valence-corrected chi connectivity index (χ2v) is 4.81. The summed E-state index contributed by atoms with van der Waals surface area (Å²) >= 11 is 0. The van der Waals surface area contributed by atoms with Gasteiger partial charge in [-0.1, -0.05) is 23.4 Å². The van der Waals surface area contributed by atoms with E-state index in [1.165, 1.54) is 13.0 Å². The van der Waals surface area contributed by atoms with E-state index in [1.807, 2.05) is 38.1 Å². The maximum absolute atomic E-state index is 10.9. The van der Waals surface area contributed by atoms with Gasteiger partial charge in [-0.3, -0.25) is 10.1 Å². The average molecular weight is 288 g/mol.